The fourth-order valence-corrected chi connectivity index (χ4v) is 2.11. The molecule has 0 amide bonds. The summed E-state index contributed by atoms with van der Waals surface area (Å²) in [6.07, 6.45) is 3.17. The SMILES string of the molecule is COC(C)(C)CCC1(C(=O)O)CCCNC1. The van der Waals surface area contributed by atoms with Crippen molar-refractivity contribution in [3.63, 3.8) is 0 Å². The Morgan fingerprint density at radius 3 is 2.69 bits per heavy atom. The Hall–Kier alpha value is -0.610. The van der Waals surface area contributed by atoms with Gasteiger partial charge in [0.25, 0.3) is 0 Å². The van der Waals surface area contributed by atoms with Crippen molar-refractivity contribution < 1.29 is 14.6 Å². The standard InChI is InChI=1S/C12H23NO3/c1-11(2,16-3)6-7-12(10(14)15)5-4-8-13-9-12/h13H,4-9H2,1-3H3,(H,14,15). The second kappa shape index (κ2) is 5.15. The van der Waals surface area contributed by atoms with Gasteiger partial charge in [-0.1, -0.05) is 0 Å². The number of nitrogens with one attached hydrogen (secondary N) is 1. The molecule has 0 aliphatic carbocycles. The van der Waals surface area contributed by atoms with Gasteiger partial charge in [0.05, 0.1) is 11.0 Å². The third-order valence-corrected chi connectivity index (χ3v) is 3.68. The molecule has 0 aromatic rings. The first kappa shape index (κ1) is 13.5. The van der Waals surface area contributed by atoms with Gasteiger partial charge in [0.15, 0.2) is 0 Å². The van der Waals surface area contributed by atoms with Gasteiger partial charge >= 0.3 is 5.97 Å². The lowest BCUT2D eigenvalue weighted by molar-refractivity contribution is -0.151. The monoisotopic (exact) mass is 229 g/mol. The largest absolute Gasteiger partial charge is 0.481 e. The van der Waals surface area contributed by atoms with E-state index in [4.69, 9.17) is 4.74 Å². The Morgan fingerprint density at radius 1 is 1.56 bits per heavy atom. The lowest BCUT2D eigenvalue weighted by Gasteiger charge is -2.36. The molecule has 1 atom stereocenters. The highest BCUT2D eigenvalue weighted by molar-refractivity contribution is 5.75. The summed E-state index contributed by atoms with van der Waals surface area (Å²) < 4.78 is 5.34. The van der Waals surface area contributed by atoms with Gasteiger partial charge in [0.1, 0.15) is 0 Å². The molecule has 1 saturated heterocycles. The van der Waals surface area contributed by atoms with Crippen molar-refractivity contribution in [2.24, 2.45) is 5.41 Å². The van der Waals surface area contributed by atoms with E-state index < -0.39 is 11.4 Å². The van der Waals surface area contributed by atoms with Crippen LogP contribution in [-0.2, 0) is 9.53 Å². The maximum Gasteiger partial charge on any atom is 0.310 e. The average Bonchev–Trinajstić information content (AvgIpc) is 2.28. The van der Waals surface area contributed by atoms with Crippen LogP contribution in [0.1, 0.15) is 39.5 Å². The zero-order chi connectivity index (χ0) is 12.2. The lowest BCUT2D eigenvalue weighted by Crippen LogP contribution is -2.46. The molecule has 0 aromatic heterocycles. The molecule has 1 heterocycles. The number of piperidine rings is 1. The summed E-state index contributed by atoms with van der Waals surface area (Å²) in [5.74, 6) is -0.674. The van der Waals surface area contributed by atoms with Gasteiger partial charge < -0.3 is 15.2 Å². The number of rotatable bonds is 5. The zero-order valence-electron chi connectivity index (χ0n) is 10.5. The van der Waals surface area contributed by atoms with Crippen molar-refractivity contribution in [1.82, 2.24) is 5.32 Å². The molecule has 4 heteroatoms. The van der Waals surface area contributed by atoms with E-state index in [0.717, 1.165) is 25.8 Å². The van der Waals surface area contributed by atoms with E-state index >= 15 is 0 Å². The van der Waals surface area contributed by atoms with Crippen molar-refractivity contribution in [1.29, 1.82) is 0 Å². The summed E-state index contributed by atoms with van der Waals surface area (Å²) >= 11 is 0. The number of carbonyl (C=O) groups is 1. The highest BCUT2D eigenvalue weighted by Gasteiger charge is 2.40. The molecule has 94 valence electrons. The van der Waals surface area contributed by atoms with Gasteiger partial charge in [-0.2, -0.15) is 0 Å². The molecule has 1 aliphatic heterocycles. The Kier molecular flexibility index (Phi) is 4.33. The van der Waals surface area contributed by atoms with E-state index in [-0.39, 0.29) is 5.60 Å². The average molecular weight is 229 g/mol. The van der Waals surface area contributed by atoms with E-state index in [1.807, 2.05) is 13.8 Å². The number of hydrogen-bond donors (Lipinski definition) is 2. The first-order valence-electron chi connectivity index (χ1n) is 5.91. The van der Waals surface area contributed by atoms with Crippen molar-refractivity contribution in [2.45, 2.75) is 45.1 Å². The second-order valence-electron chi connectivity index (χ2n) is 5.33. The minimum Gasteiger partial charge on any atom is -0.481 e. The van der Waals surface area contributed by atoms with E-state index in [1.54, 1.807) is 7.11 Å². The summed E-state index contributed by atoms with van der Waals surface area (Å²) in [5, 5.41) is 12.6. The summed E-state index contributed by atoms with van der Waals surface area (Å²) in [6, 6.07) is 0. The number of methoxy groups -OCH3 is 1. The lowest BCUT2D eigenvalue weighted by atomic mass is 9.75. The summed E-state index contributed by atoms with van der Waals surface area (Å²) in [4.78, 5) is 11.4. The molecular weight excluding hydrogens is 206 g/mol. The second-order valence-corrected chi connectivity index (χ2v) is 5.33. The number of carboxylic acids is 1. The van der Waals surface area contributed by atoms with Gasteiger partial charge in [-0.15, -0.1) is 0 Å². The molecule has 0 bridgehead atoms. The number of ether oxygens (including phenoxy) is 1. The van der Waals surface area contributed by atoms with E-state index in [0.29, 0.717) is 13.0 Å². The Labute approximate surface area is 97.4 Å². The van der Waals surface area contributed by atoms with Crippen molar-refractivity contribution in [2.75, 3.05) is 20.2 Å². The molecule has 4 nitrogen and oxygen atoms in total. The third-order valence-electron chi connectivity index (χ3n) is 3.68. The van der Waals surface area contributed by atoms with Crippen molar-refractivity contribution in [3.05, 3.63) is 0 Å². The van der Waals surface area contributed by atoms with Crippen LogP contribution in [0.2, 0.25) is 0 Å². The van der Waals surface area contributed by atoms with Gasteiger partial charge in [0.2, 0.25) is 0 Å². The van der Waals surface area contributed by atoms with Crippen LogP contribution in [0.25, 0.3) is 0 Å². The molecule has 1 fully saturated rings. The Balaban J connectivity index is 2.61. The van der Waals surface area contributed by atoms with Gasteiger partial charge in [-0.3, -0.25) is 4.79 Å². The molecule has 0 radical (unpaired) electrons. The Morgan fingerprint density at radius 2 is 2.25 bits per heavy atom. The molecule has 2 N–H and O–H groups in total. The predicted molar refractivity (Wildman–Crippen MR) is 62.5 cm³/mol. The van der Waals surface area contributed by atoms with Gasteiger partial charge in [0, 0.05) is 13.7 Å². The van der Waals surface area contributed by atoms with E-state index in [2.05, 4.69) is 5.32 Å². The summed E-state index contributed by atoms with van der Waals surface area (Å²) in [5.41, 5.74) is -0.825. The minimum absolute atomic E-state index is 0.236. The third kappa shape index (κ3) is 3.19. The molecule has 1 aliphatic rings. The molecule has 16 heavy (non-hydrogen) atoms. The van der Waals surface area contributed by atoms with Crippen LogP contribution in [0.3, 0.4) is 0 Å². The normalized spacial score (nSPS) is 26.7. The van der Waals surface area contributed by atoms with Crippen LogP contribution >= 0.6 is 0 Å². The molecule has 1 rings (SSSR count). The predicted octanol–water partition coefficient (Wildman–Crippen LogP) is 1.65. The van der Waals surface area contributed by atoms with Crippen LogP contribution in [0.5, 0.6) is 0 Å². The van der Waals surface area contributed by atoms with Gasteiger partial charge in [-0.25, -0.2) is 0 Å². The quantitative estimate of drug-likeness (QED) is 0.752. The van der Waals surface area contributed by atoms with Crippen LogP contribution in [0, 0.1) is 5.41 Å². The van der Waals surface area contributed by atoms with Crippen molar-refractivity contribution >= 4 is 5.97 Å². The highest BCUT2D eigenvalue weighted by atomic mass is 16.5. The molecule has 0 aromatic carbocycles. The van der Waals surface area contributed by atoms with Crippen LogP contribution < -0.4 is 5.32 Å². The minimum atomic E-state index is -0.674. The topological polar surface area (TPSA) is 58.6 Å². The molecule has 1 unspecified atom stereocenters. The van der Waals surface area contributed by atoms with Crippen molar-refractivity contribution in [3.8, 4) is 0 Å². The van der Waals surface area contributed by atoms with Crippen LogP contribution in [0.4, 0.5) is 0 Å². The fourth-order valence-electron chi connectivity index (χ4n) is 2.11. The van der Waals surface area contributed by atoms with E-state index in [1.165, 1.54) is 0 Å². The molecular formula is C12H23NO3. The summed E-state index contributed by atoms with van der Waals surface area (Å²) in [6.45, 7) is 5.52. The summed E-state index contributed by atoms with van der Waals surface area (Å²) in [7, 11) is 1.67. The molecule has 0 spiro atoms. The highest BCUT2D eigenvalue weighted by Crippen LogP contribution is 2.34. The number of aliphatic carboxylic acids is 1. The maximum absolute atomic E-state index is 11.4. The van der Waals surface area contributed by atoms with Crippen LogP contribution in [-0.4, -0.2) is 36.9 Å². The number of carboxylic acid groups (broad SMARTS) is 1. The Bertz CT molecular complexity index is 245. The smallest absolute Gasteiger partial charge is 0.310 e. The molecule has 0 saturated carbocycles. The first-order valence-corrected chi connectivity index (χ1v) is 5.91. The van der Waals surface area contributed by atoms with E-state index in [9.17, 15) is 9.90 Å². The van der Waals surface area contributed by atoms with Crippen LogP contribution in [0.15, 0.2) is 0 Å². The fraction of sp³-hybridized carbons (Fsp3) is 0.917. The number of hydrogen-bond acceptors (Lipinski definition) is 3. The zero-order valence-corrected chi connectivity index (χ0v) is 10.5. The van der Waals surface area contributed by atoms with Gasteiger partial charge in [-0.05, 0) is 46.1 Å². The first-order chi connectivity index (χ1) is 7.42. The maximum atomic E-state index is 11.4.